The Morgan fingerprint density at radius 3 is 2.20 bits per heavy atom. The Bertz CT molecular complexity index is 322. The molecule has 0 rings (SSSR count). The number of nitrogens with zero attached hydrogens (tertiary/aromatic N) is 1. The van der Waals surface area contributed by atoms with E-state index in [1.54, 1.807) is 0 Å². The van der Waals surface area contributed by atoms with E-state index in [9.17, 15) is 9.59 Å². The lowest BCUT2D eigenvalue weighted by molar-refractivity contribution is -0.139. The van der Waals surface area contributed by atoms with Crippen LogP contribution in [0, 0.1) is 0 Å². The molecule has 3 N–H and O–H groups in total. The fourth-order valence-electron chi connectivity index (χ4n) is 2.01. The first-order chi connectivity index (χ1) is 9.29. The van der Waals surface area contributed by atoms with Crippen molar-refractivity contribution in [3.8, 4) is 0 Å². The summed E-state index contributed by atoms with van der Waals surface area (Å²) in [5.41, 5.74) is 0. The Balaban J connectivity index is 4.15. The Morgan fingerprint density at radius 1 is 1.25 bits per heavy atom. The molecular formula is C14H27N3O3. The van der Waals surface area contributed by atoms with Crippen LogP contribution in [0.3, 0.4) is 0 Å². The lowest BCUT2D eigenvalue weighted by Gasteiger charge is -2.30. The maximum absolute atomic E-state index is 11.6. The predicted octanol–water partition coefficient (Wildman–Crippen LogP) is 1.43. The van der Waals surface area contributed by atoms with Crippen molar-refractivity contribution in [1.29, 1.82) is 0 Å². The number of hydrogen-bond donors (Lipinski definition) is 3. The zero-order valence-electron chi connectivity index (χ0n) is 12.8. The van der Waals surface area contributed by atoms with Gasteiger partial charge in [-0.1, -0.05) is 6.08 Å². The third kappa shape index (κ3) is 7.13. The highest BCUT2D eigenvalue weighted by molar-refractivity contribution is 5.82. The molecular weight excluding hydrogens is 258 g/mol. The number of carboxylic acid groups (broad SMARTS) is 1. The summed E-state index contributed by atoms with van der Waals surface area (Å²) in [5.74, 6) is -1.06. The molecule has 0 aliphatic carbocycles. The molecule has 0 aromatic rings. The van der Waals surface area contributed by atoms with E-state index in [4.69, 9.17) is 5.11 Å². The Hall–Kier alpha value is -1.56. The monoisotopic (exact) mass is 285 g/mol. The van der Waals surface area contributed by atoms with Gasteiger partial charge in [0.15, 0.2) is 0 Å². The Morgan fingerprint density at radius 2 is 1.80 bits per heavy atom. The first-order valence-electron chi connectivity index (χ1n) is 6.93. The number of carboxylic acids is 1. The molecule has 0 radical (unpaired) electrons. The average molecular weight is 285 g/mol. The first kappa shape index (κ1) is 18.4. The Labute approximate surface area is 121 Å². The summed E-state index contributed by atoms with van der Waals surface area (Å²) >= 11 is 0. The first-order valence-corrected chi connectivity index (χ1v) is 6.93. The normalized spacial score (nSPS) is 12.6. The third-order valence-electron chi connectivity index (χ3n) is 2.99. The minimum atomic E-state index is -1.06. The fourth-order valence-corrected chi connectivity index (χ4v) is 2.01. The second kappa shape index (κ2) is 9.36. The van der Waals surface area contributed by atoms with Crippen molar-refractivity contribution >= 4 is 12.0 Å². The predicted molar refractivity (Wildman–Crippen MR) is 79.8 cm³/mol. The van der Waals surface area contributed by atoms with Gasteiger partial charge in [0.05, 0.1) is 0 Å². The van der Waals surface area contributed by atoms with Gasteiger partial charge in [-0.2, -0.15) is 0 Å². The van der Waals surface area contributed by atoms with E-state index in [-0.39, 0.29) is 6.42 Å². The SMILES string of the molecule is C=CCC(NC(=O)NCCN(C(C)C)C(C)C)C(=O)O. The molecule has 0 fully saturated rings. The highest BCUT2D eigenvalue weighted by atomic mass is 16.4. The Kier molecular flexibility index (Phi) is 8.63. The van der Waals surface area contributed by atoms with E-state index in [0.717, 1.165) is 6.54 Å². The van der Waals surface area contributed by atoms with Crippen LogP contribution in [0.25, 0.3) is 0 Å². The number of nitrogens with one attached hydrogen (secondary N) is 2. The molecule has 2 amide bonds. The van der Waals surface area contributed by atoms with E-state index in [2.05, 4.69) is 49.8 Å². The van der Waals surface area contributed by atoms with Gasteiger partial charge in [-0.25, -0.2) is 9.59 Å². The zero-order chi connectivity index (χ0) is 15.7. The summed E-state index contributed by atoms with van der Waals surface area (Å²) in [6, 6.07) is -0.606. The smallest absolute Gasteiger partial charge is 0.326 e. The minimum absolute atomic E-state index is 0.201. The van der Waals surface area contributed by atoms with Crippen molar-refractivity contribution in [3.05, 3.63) is 12.7 Å². The van der Waals surface area contributed by atoms with E-state index >= 15 is 0 Å². The minimum Gasteiger partial charge on any atom is -0.480 e. The fraction of sp³-hybridized carbons (Fsp3) is 0.714. The van der Waals surface area contributed by atoms with Crippen LogP contribution in [0.5, 0.6) is 0 Å². The van der Waals surface area contributed by atoms with Crippen LogP contribution in [0.15, 0.2) is 12.7 Å². The molecule has 6 nitrogen and oxygen atoms in total. The van der Waals surface area contributed by atoms with Crippen LogP contribution in [-0.2, 0) is 4.79 Å². The summed E-state index contributed by atoms with van der Waals surface area (Å²) in [4.78, 5) is 24.8. The van der Waals surface area contributed by atoms with Gasteiger partial charge < -0.3 is 15.7 Å². The van der Waals surface area contributed by atoms with Crippen LogP contribution < -0.4 is 10.6 Å². The standard InChI is InChI=1S/C14H27N3O3/c1-6-7-12(13(18)19)16-14(20)15-8-9-17(10(2)3)11(4)5/h6,10-12H,1,7-9H2,2-5H3,(H,18,19)(H2,15,16,20). The molecule has 116 valence electrons. The van der Waals surface area contributed by atoms with Crippen molar-refractivity contribution in [2.75, 3.05) is 13.1 Å². The van der Waals surface area contributed by atoms with Gasteiger partial charge in [-0.15, -0.1) is 6.58 Å². The summed E-state index contributed by atoms with van der Waals surface area (Å²) < 4.78 is 0. The molecule has 0 saturated carbocycles. The molecule has 6 heteroatoms. The van der Waals surface area contributed by atoms with E-state index in [1.165, 1.54) is 6.08 Å². The van der Waals surface area contributed by atoms with Crippen LogP contribution in [0.1, 0.15) is 34.1 Å². The van der Waals surface area contributed by atoms with Crippen molar-refractivity contribution in [1.82, 2.24) is 15.5 Å². The number of hydrogen-bond acceptors (Lipinski definition) is 3. The lowest BCUT2D eigenvalue weighted by atomic mass is 10.2. The summed E-state index contributed by atoms with van der Waals surface area (Å²) in [7, 11) is 0. The van der Waals surface area contributed by atoms with Gasteiger partial charge in [0.2, 0.25) is 0 Å². The molecule has 1 unspecified atom stereocenters. The number of carbonyl (C=O) groups excluding carboxylic acids is 1. The molecule has 0 bridgehead atoms. The number of aliphatic carboxylic acids is 1. The highest BCUT2D eigenvalue weighted by Gasteiger charge is 2.18. The lowest BCUT2D eigenvalue weighted by Crippen LogP contribution is -2.48. The van der Waals surface area contributed by atoms with Gasteiger partial charge in [-0.05, 0) is 34.1 Å². The van der Waals surface area contributed by atoms with E-state index in [0.29, 0.717) is 18.6 Å². The van der Waals surface area contributed by atoms with Gasteiger partial charge in [0.25, 0.3) is 0 Å². The largest absolute Gasteiger partial charge is 0.480 e. The van der Waals surface area contributed by atoms with E-state index in [1.807, 2.05) is 0 Å². The third-order valence-corrected chi connectivity index (χ3v) is 2.99. The maximum atomic E-state index is 11.6. The average Bonchev–Trinajstić information content (AvgIpc) is 2.32. The van der Waals surface area contributed by atoms with Gasteiger partial charge >= 0.3 is 12.0 Å². The van der Waals surface area contributed by atoms with Gasteiger partial charge in [0, 0.05) is 25.2 Å². The molecule has 20 heavy (non-hydrogen) atoms. The number of amides is 2. The molecule has 0 heterocycles. The zero-order valence-corrected chi connectivity index (χ0v) is 12.8. The number of urea groups is 1. The quantitative estimate of drug-likeness (QED) is 0.560. The summed E-state index contributed by atoms with van der Waals surface area (Å²) in [5, 5.41) is 14.0. The highest BCUT2D eigenvalue weighted by Crippen LogP contribution is 2.03. The topological polar surface area (TPSA) is 81.7 Å². The van der Waals surface area contributed by atoms with Crippen LogP contribution in [0.4, 0.5) is 4.79 Å². The molecule has 1 atom stereocenters. The van der Waals surface area contributed by atoms with Gasteiger partial charge in [0.1, 0.15) is 6.04 Å². The van der Waals surface area contributed by atoms with Crippen molar-refractivity contribution in [3.63, 3.8) is 0 Å². The summed E-state index contributed by atoms with van der Waals surface area (Å²) in [6.07, 6.45) is 1.67. The van der Waals surface area contributed by atoms with Crippen LogP contribution in [0.2, 0.25) is 0 Å². The molecule has 0 spiro atoms. The van der Waals surface area contributed by atoms with Crippen molar-refractivity contribution in [2.45, 2.75) is 52.2 Å². The molecule has 0 aliphatic heterocycles. The van der Waals surface area contributed by atoms with Crippen LogP contribution in [-0.4, -0.2) is 53.2 Å². The maximum Gasteiger partial charge on any atom is 0.326 e. The molecule has 0 aromatic heterocycles. The molecule has 0 saturated heterocycles. The molecule has 0 aromatic carbocycles. The van der Waals surface area contributed by atoms with Crippen LogP contribution >= 0.6 is 0 Å². The second-order valence-corrected chi connectivity index (χ2v) is 5.24. The summed E-state index contributed by atoms with van der Waals surface area (Å²) in [6.45, 7) is 13.1. The number of rotatable bonds is 9. The van der Waals surface area contributed by atoms with Gasteiger partial charge in [-0.3, -0.25) is 4.90 Å². The van der Waals surface area contributed by atoms with Crippen molar-refractivity contribution in [2.24, 2.45) is 0 Å². The van der Waals surface area contributed by atoms with Crippen molar-refractivity contribution < 1.29 is 14.7 Å². The van der Waals surface area contributed by atoms with E-state index < -0.39 is 18.0 Å². The number of carbonyl (C=O) groups is 2. The second-order valence-electron chi connectivity index (χ2n) is 5.24. The molecule has 0 aliphatic rings.